The SMILES string of the molecule is CCOC1CC(NCCC2CCNCC2)C1. The van der Waals surface area contributed by atoms with Gasteiger partial charge in [0.1, 0.15) is 0 Å². The molecule has 3 heteroatoms. The lowest BCUT2D eigenvalue weighted by atomic mass is 9.88. The van der Waals surface area contributed by atoms with E-state index in [-0.39, 0.29) is 0 Å². The van der Waals surface area contributed by atoms with Crippen molar-refractivity contribution in [2.24, 2.45) is 5.92 Å². The summed E-state index contributed by atoms with van der Waals surface area (Å²) in [7, 11) is 0. The fourth-order valence-electron chi connectivity index (χ4n) is 2.77. The number of hydrogen-bond donors (Lipinski definition) is 2. The van der Waals surface area contributed by atoms with Gasteiger partial charge in [-0.15, -0.1) is 0 Å². The maximum absolute atomic E-state index is 5.56. The summed E-state index contributed by atoms with van der Waals surface area (Å²) in [4.78, 5) is 0. The van der Waals surface area contributed by atoms with Crippen LogP contribution >= 0.6 is 0 Å². The van der Waals surface area contributed by atoms with Crippen LogP contribution in [0.25, 0.3) is 0 Å². The van der Waals surface area contributed by atoms with Crippen molar-refractivity contribution in [2.45, 2.75) is 51.2 Å². The second-order valence-corrected chi connectivity index (χ2v) is 5.18. The highest BCUT2D eigenvalue weighted by Crippen LogP contribution is 2.23. The van der Waals surface area contributed by atoms with Crippen LogP contribution in [0, 0.1) is 5.92 Å². The highest BCUT2D eigenvalue weighted by Gasteiger charge is 2.28. The minimum Gasteiger partial charge on any atom is -0.378 e. The van der Waals surface area contributed by atoms with Crippen LogP contribution < -0.4 is 10.6 Å². The Morgan fingerprint density at radius 1 is 1.25 bits per heavy atom. The van der Waals surface area contributed by atoms with Gasteiger partial charge in [-0.25, -0.2) is 0 Å². The molecule has 0 radical (unpaired) electrons. The summed E-state index contributed by atoms with van der Waals surface area (Å²) in [5, 5.41) is 7.07. The van der Waals surface area contributed by atoms with Crippen molar-refractivity contribution in [3.05, 3.63) is 0 Å². The molecule has 1 aliphatic carbocycles. The van der Waals surface area contributed by atoms with Gasteiger partial charge in [0, 0.05) is 12.6 Å². The van der Waals surface area contributed by atoms with Gasteiger partial charge in [0.05, 0.1) is 6.10 Å². The molecule has 3 nitrogen and oxygen atoms in total. The third-order valence-electron chi connectivity index (χ3n) is 3.94. The number of ether oxygens (including phenoxy) is 1. The van der Waals surface area contributed by atoms with Gasteiger partial charge >= 0.3 is 0 Å². The van der Waals surface area contributed by atoms with E-state index in [2.05, 4.69) is 17.6 Å². The van der Waals surface area contributed by atoms with E-state index in [9.17, 15) is 0 Å². The van der Waals surface area contributed by atoms with Crippen molar-refractivity contribution < 1.29 is 4.74 Å². The summed E-state index contributed by atoms with van der Waals surface area (Å²) in [6.45, 7) is 6.60. The fraction of sp³-hybridized carbons (Fsp3) is 1.00. The minimum atomic E-state index is 0.543. The maximum Gasteiger partial charge on any atom is 0.0604 e. The van der Waals surface area contributed by atoms with Crippen LogP contribution in [0.4, 0.5) is 0 Å². The molecule has 0 bridgehead atoms. The lowest BCUT2D eigenvalue weighted by Crippen LogP contribution is -2.46. The maximum atomic E-state index is 5.56. The van der Waals surface area contributed by atoms with E-state index in [1.54, 1.807) is 0 Å². The normalized spacial score (nSPS) is 31.3. The van der Waals surface area contributed by atoms with Crippen molar-refractivity contribution in [1.82, 2.24) is 10.6 Å². The Kier molecular flexibility index (Phi) is 5.07. The highest BCUT2D eigenvalue weighted by atomic mass is 16.5. The Morgan fingerprint density at radius 2 is 2.00 bits per heavy atom. The van der Waals surface area contributed by atoms with Crippen LogP contribution in [-0.2, 0) is 4.74 Å². The van der Waals surface area contributed by atoms with E-state index < -0.39 is 0 Å². The van der Waals surface area contributed by atoms with Gasteiger partial charge in [0.25, 0.3) is 0 Å². The van der Waals surface area contributed by atoms with E-state index in [0.29, 0.717) is 6.10 Å². The van der Waals surface area contributed by atoms with Crippen LogP contribution in [0.5, 0.6) is 0 Å². The topological polar surface area (TPSA) is 33.3 Å². The Hall–Kier alpha value is -0.120. The zero-order valence-electron chi connectivity index (χ0n) is 10.5. The zero-order valence-corrected chi connectivity index (χ0v) is 10.5. The molecule has 0 aromatic heterocycles. The molecule has 1 heterocycles. The summed E-state index contributed by atoms with van der Waals surface area (Å²) in [6, 6.07) is 0.735. The van der Waals surface area contributed by atoms with E-state index >= 15 is 0 Å². The first kappa shape index (κ1) is 12.3. The molecule has 0 spiro atoms. The molecule has 0 aromatic rings. The summed E-state index contributed by atoms with van der Waals surface area (Å²) < 4.78 is 5.56. The zero-order chi connectivity index (χ0) is 11.2. The quantitative estimate of drug-likeness (QED) is 0.720. The molecule has 0 unspecified atom stereocenters. The predicted molar refractivity (Wildman–Crippen MR) is 66.6 cm³/mol. The molecular weight excluding hydrogens is 200 g/mol. The molecule has 0 aromatic carbocycles. The van der Waals surface area contributed by atoms with Crippen LogP contribution in [0.2, 0.25) is 0 Å². The fourth-order valence-corrected chi connectivity index (χ4v) is 2.77. The van der Waals surface area contributed by atoms with Crippen LogP contribution in [-0.4, -0.2) is 38.4 Å². The van der Waals surface area contributed by atoms with Crippen molar-refractivity contribution >= 4 is 0 Å². The average Bonchev–Trinajstić information content (AvgIpc) is 2.27. The molecule has 0 amide bonds. The lowest BCUT2D eigenvalue weighted by Gasteiger charge is -2.36. The second kappa shape index (κ2) is 6.58. The first-order chi connectivity index (χ1) is 7.88. The molecular formula is C13H26N2O. The Morgan fingerprint density at radius 3 is 2.69 bits per heavy atom. The Bertz CT molecular complexity index is 186. The van der Waals surface area contributed by atoms with Crippen molar-refractivity contribution in [3.63, 3.8) is 0 Å². The van der Waals surface area contributed by atoms with Gasteiger partial charge in [0.2, 0.25) is 0 Å². The van der Waals surface area contributed by atoms with Crippen molar-refractivity contribution in [1.29, 1.82) is 0 Å². The predicted octanol–water partition coefficient (Wildman–Crippen LogP) is 1.53. The number of hydrogen-bond acceptors (Lipinski definition) is 3. The monoisotopic (exact) mass is 226 g/mol. The Labute approximate surface area is 99.3 Å². The molecule has 16 heavy (non-hydrogen) atoms. The first-order valence-corrected chi connectivity index (χ1v) is 6.94. The van der Waals surface area contributed by atoms with Gasteiger partial charge in [-0.1, -0.05) is 0 Å². The standard InChI is InChI=1S/C13H26N2O/c1-2-16-13-9-12(10-13)15-8-5-11-3-6-14-7-4-11/h11-15H,2-10H2,1H3. The molecule has 2 N–H and O–H groups in total. The lowest BCUT2D eigenvalue weighted by molar-refractivity contribution is -0.01000. The van der Waals surface area contributed by atoms with E-state index in [0.717, 1.165) is 18.6 Å². The second-order valence-electron chi connectivity index (χ2n) is 5.18. The van der Waals surface area contributed by atoms with Gasteiger partial charge in [0.15, 0.2) is 0 Å². The van der Waals surface area contributed by atoms with E-state index in [1.807, 2.05) is 0 Å². The van der Waals surface area contributed by atoms with Gasteiger partial charge in [-0.05, 0) is 64.6 Å². The molecule has 0 atom stereocenters. The third kappa shape index (κ3) is 3.72. The van der Waals surface area contributed by atoms with Gasteiger partial charge in [-0.3, -0.25) is 0 Å². The summed E-state index contributed by atoms with van der Waals surface area (Å²) in [5.41, 5.74) is 0. The minimum absolute atomic E-state index is 0.543. The van der Waals surface area contributed by atoms with E-state index in [1.165, 1.54) is 51.7 Å². The number of piperidine rings is 1. The third-order valence-corrected chi connectivity index (χ3v) is 3.94. The molecule has 1 aliphatic heterocycles. The molecule has 1 saturated heterocycles. The summed E-state index contributed by atoms with van der Waals surface area (Å²) in [5.74, 6) is 0.955. The molecule has 2 aliphatic rings. The average molecular weight is 226 g/mol. The number of rotatable bonds is 6. The smallest absolute Gasteiger partial charge is 0.0604 e. The molecule has 2 rings (SSSR count). The van der Waals surface area contributed by atoms with Crippen LogP contribution in [0.15, 0.2) is 0 Å². The largest absolute Gasteiger partial charge is 0.378 e. The van der Waals surface area contributed by atoms with Crippen molar-refractivity contribution in [3.8, 4) is 0 Å². The number of nitrogens with one attached hydrogen (secondary N) is 2. The van der Waals surface area contributed by atoms with Crippen molar-refractivity contribution in [2.75, 3.05) is 26.2 Å². The van der Waals surface area contributed by atoms with Crippen LogP contribution in [0.1, 0.15) is 39.0 Å². The first-order valence-electron chi connectivity index (χ1n) is 6.94. The summed E-state index contributed by atoms with van der Waals surface area (Å²) in [6.07, 6.45) is 7.08. The molecule has 94 valence electrons. The van der Waals surface area contributed by atoms with Crippen LogP contribution in [0.3, 0.4) is 0 Å². The van der Waals surface area contributed by atoms with E-state index in [4.69, 9.17) is 4.74 Å². The van der Waals surface area contributed by atoms with Gasteiger partial charge < -0.3 is 15.4 Å². The summed E-state index contributed by atoms with van der Waals surface area (Å²) >= 11 is 0. The Balaban J connectivity index is 1.46. The highest BCUT2D eigenvalue weighted by molar-refractivity contribution is 4.86. The molecule has 1 saturated carbocycles. The van der Waals surface area contributed by atoms with Gasteiger partial charge in [-0.2, -0.15) is 0 Å². The molecule has 2 fully saturated rings.